The zero-order valence-electron chi connectivity index (χ0n) is 22.9. The van der Waals surface area contributed by atoms with Gasteiger partial charge in [0.1, 0.15) is 29.9 Å². The number of carboxylic acids is 1. The van der Waals surface area contributed by atoms with Crippen LogP contribution in [0, 0.1) is 17.5 Å². The van der Waals surface area contributed by atoms with Gasteiger partial charge >= 0.3 is 5.97 Å². The van der Waals surface area contributed by atoms with Crippen LogP contribution in [0.25, 0.3) is 22.3 Å². The molecular weight excluding hydrogens is 585 g/mol. The Bertz CT molecular complexity index is 1850. The Morgan fingerprint density at radius 2 is 1.77 bits per heavy atom. The molecule has 12 heteroatoms. The second kappa shape index (κ2) is 12.0. The van der Waals surface area contributed by atoms with Gasteiger partial charge in [0.15, 0.2) is 0 Å². The topological polar surface area (TPSA) is 86.5 Å². The molecule has 0 radical (unpaired) electrons. The summed E-state index contributed by atoms with van der Waals surface area (Å²) in [7, 11) is 0. The summed E-state index contributed by atoms with van der Waals surface area (Å²) in [5, 5.41) is 9.44. The maximum absolute atomic E-state index is 15.4. The van der Waals surface area contributed by atoms with Crippen molar-refractivity contribution >= 4 is 17.0 Å². The molecule has 226 valence electrons. The molecule has 0 aliphatic carbocycles. The monoisotopic (exact) mass is 609 g/mol. The van der Waals surface area contributed by atoms with E-state index in [0.29, 0.717) is 30.0 Å². The molecule has 1 saturated heterocycles. The molecule has 1 fully saturated rings. The van der Waals surface area contributed by atoms with Crippen molar-refractivity contribution in [3.63, 3.8) is 0 Å². The van der Waals surface area contributed by atoms with E-state index in [4.69, 9.17) is 9.47 Å². The summed E-state index contributed by atoms with van der Waals surface area (Å²) in [6, 6.07) is 14.3. The third-order valence-corrected chi connectivity index (χ3v) is 7.45. The van der Waals surface area contributed by atoms with E-state index in [9.17, 15) is 23.1 Å². The van der Waals surface area contributed by atoms with Crippen molar-refractivity contribution in [2.75, 3.05) is 6.61 Å². The minimum Gasteiger partial charge on any atom is -0.478 e. The van der Waals surface area contributed by atoms with Crippen molar-refractivity contribution < 1.29 is 41.3 Å². The fraction of sp³-hybridized carbons (Fsp3) is 0.219. The molecule has 6 rings (SSSR count). The number of carboxylic acid groups (broad SMARTS) is 1. The van der Waals surface area contributed by atoms with Gasteiger partial charge in [0, 0.05) is 41.3 Å². The fourth-order valence-corrected chi connectivity index (χ4v) is 4.98. The second-order valence-corrected chi connectivity index (χ2v) is 10.3. The lowest BCUT2D eigenvalue weighted by atomic mass is 10.0. The first-order valence-corrected chi connectivity index (χ1v) is 13.6. The Morgan fingerprint density at radius 1 is 1.00 bits per heavy atom. The van der Waals surface area contributed by atoms with Crippen molar-refractivity contribution in [2.24, 2.45) is 0 Å². The van der Waals surface area contributed by atoms with E-state index in [2.05, 4.69) is 9.97 Å². The van der Waals surface area contributed by atoms with Gasteiger partial charge in [-0.25, -0.2) is 36.7 Å². The van der Waals surface area contributed by atoms with Crippen molar-refractivity contribution in [3.8, 4) is 17.1 Å². The molecule has 5 aromatic rings. The van der Waals surface area contributed by atoms with Gasteiger partial charge in [0.2, 0.25) is 5.88 Å². The first kappa shape index (κ1) is 29.2. The van der Waals surface area contributed by atoms with Crippen molar-refractivity contribution in [1.82, 2.24) is 14.5 Å². The van der Waals surface area contributed by atoms with Crippen LogP contribution in [-0.4, -0.2) is 38.3 Å². The van der Waals surface area contributed by atoms with Crippen LogP contribution in [0.5, 0.6) is 5.88 Å². The number of hydrogen-bond donors (Lipinski definition) is 1. The van der Waals surface area contributed by atoms with Gasteiger partial charge < -0.3 is 19.1 Å². The van der Waals surface area contributed by atoms with Crippen LogP contribution in [0.15, 0.2) is 66.7 Å². The van der Waals surface area contributed by atoms with E-state index in [1.165, 1.54) is 30.3 Å². The number of ether oxygens (including phenoxy) is 2. The minimum absolute atomic E-state index is 0.0390. The lowest BCUT2D eigenvalue weighted by Crippen LogP contribution is -2.31. The number of aromatic carboxylic acids is 1. The third kappa shape index (κ3) is 5.98. The third-order valence-electron chi connectivity index (χ3n) is 7.45. The molecule has 1 aliphatic heterocycles. The van der Waals surface area contributed by atoms with E-state index in [1.807, 2.05) is 0 Å². The molecular formula is C32H24F5N3O4. The Hall–Kier alpha value is -4.84. The molecule has 3 heterocycles. The smallest absolute Gasteiger partial charge is 0.335 e. The summed E-state index contributed by atoms with van der Waals surface area (Å²) in [4.78, 5) is 20.4. The number of carbonyl (C=O) groups is 1. The number of hydrogen-bond acceptors (Lipinski definition) is 5. The normalized spacial score (nSPS) is 14.6. The van der Waals surface area contributed by atoms with Gasteiger partial charge in [0.05, 0.1) is 34.9 Å². The van der Waals surface area contributed by atoms with Crippen LogP contribution < -0.4 is 4.74 Å². The number of rotatable bonds is 10. The van der Waals surface area contributed by atoms with Crippen molar-refractivity contribution in [1.29, 1.82) is 0 Å². The van der Waals surface area contributed by atoms with E-state index in [0.717, 1.165) is 30.7 Å². The Kier molecular flexibility index (Phi) is 8.00. The van der Waals surface area contributed by atoms with Crippen LogP contribution in [0.1, 0.15) is 45.7 Å². The average Bonchev–Trinajstić information content (AvgIpc) is 3.32. The van der Waals surface area contributed by atoms with Gasteiger partial charge in [-0.2, -0.15) is 0 Å². The molecule has 1 aliphatic rings. The van der Waals surface area contributed by atoms with Gasteiger partial charge in [-0.15, -0.1) is 0 Å². The molecule has 2 aromatic heterocycles. The Labute approximate surface area is 247 Å². The number of halogens is 5. The standard InChI is InChI=1S/C32H24F5N3O4/c33-23-10-17(31(36)37)4-5-19(23)16-44-30-3-1-2-26(39-30)20-11-24(34)22(25(35)12-20)14-29-38-27-7-6-18(32(41)42)13-28(27)40(29)15-21-8-9-43-21/h1-7,10-13,21,31H,8-9,14-16H2,(H,41,42)/t21-/m0/s1. The molecule has 0 amide bonds. The first-order valence-electron chi connectivity index (χ1n) is 13.6. The predicted octanol–water partition coefficient (Wildman–Crippen LogP) is 7.11. The van der Waals surface area contributed by atoms with E-state index in [1.54, 1.807) is 16.7 Å². The van der Waals surface area contributed by atoms with Crippen molar-refractivity contribution in [3.05, 3.63) is 112 Å². The summed E-state index contributed by atoms with van der Waals surface area (Å²) >= 11 is 0. The quantitative estimate of drug-likeness (QED) is 0.170. The van der Waals surface area contributed by atoms with Gasteiger partial charge in [-0.05, 0) is 48.9 Å². The number of fused-ring (bicyclic) bond motifs is 1. The highest BCUT2D eigenvalue weighted by molar-refractivity contribution is 5.92. The molecule has 1 atom stereocenters. The van der Waals surface area contributed by atoms with E-state index < -0.39 is 35.4 Å². The Morgan fingerprint density at radius 3 is 2.43 bits per heavy atom. The number of alkyl halides is 2. The molecule has 0 unspecified atom stereocenters. The number of aromatic nitrogens is 3. The molecule has 0 saturated carbocycles. The highest BCUT2D eigenvalue weighted by Gasteiger charge is 2.24. The zero-order chi connectivity index (χ0) is 31.0. The minimum atomic E-state index is -2.81. The van der Waals surface area contributed by atoms with Crippen LogP contribution in [-0.2, 0) is 24.3 Å². The molecule has 44 heavy (non-hydrogen) atoms. The van der Waals surface area contributed by atoms with Gasteiger partial charge in [-0.1, -0.05) is 18.2 Å². The predicted molar refractivity (Wildman–Crippen MR) is 149 cm³/mol. The molecule has 0 bridgehead atoms. The lowest BCUT2D eigenvalue weighted by Gasteiger charge is -2.27. The highest BCUT2D eigenvalue weighted by Crippen LogP contribution is 2.29. The lowest BCUT2D eigenvalue weighted by molar-refractivity contribution is -0.0589. The first-order chi connectivity index (χ1) is 21.2. The molecule has 0 spiro atoms. The van der Waals surface area contributed by atoms with Crippen LogP contribution in [0.2, 0.25) is 0 Å². The summed E-state index contributed by atoms with van der Waals surface area (Å²) in [6.45, 7) is 0.658. The van der Waals surface area contributed by atoms with E-state index >= 15 is 8.78 Å². The SMILES string of the molecule is O=C(O)c1ccc2nc(Cc3c(F)cc(-c4cccc(OCc5ccc(C(F)F)cc5F)n4)cc3F)n(C[C@@H]3CCO3)c2c1. The van der Waals surface area contributed by atoms with Crippen molar-refractivity contribution in [2.45, 2.75) is 38.5 Å². The van der Waals surface area contributed by atoms with E-state index in [-0.39, 0.29) is 53.0 Å². The van der Waals surface area contributed by atoms with Crippen LogP contribution in [0.4, 0.5) is 22.0 Å². The highest BCUT2D eigenvalue weighted by atomic mass is 19.3. The second-order valence-electron chi connectivity index (χ2n) is 10.3. The number of imidazole rings is 1. The maximum atomic E-state index is 15.4. The molecule has 1 N–H and O–H groups in total. The van der Waals surface area contributed by atoms with Gasteiger partial charge in [0.25, 0.3) is 6.43 Å². The summed E-state index contributed by atoms with van der Waals surface area (Å²) < 4.78 is 83.5. The van der Waals surface area contributed by atoms with Gasteiger partial charge in [-0.3, -0.25) is 0 Å². The summed E-state index contributed by atoms with van der Waals surface area (Å²) in [5.74, 6) is -3.23. The average molecular weight is 610 g/mol. The number of pyridine rings is 1. The maximum Gasteiger partial charge on any atom is 0.335 e. The Balaban J connectivity index is 1.25. The summed E-state index contributed by atoms with van der Waals surface area (Å²) in [5.41, 5.74) is 0.766. The largest absolute Gasteiger partial charge is 0.478 e. The number of nitrogens with zero attached hydrogens (tertiary/aromatic N) is 3. The van der Waals surface area contributed by atoms with Crippen LogP contribution in [0.3, 0.4) is 0 Å². The number of benzene rings is 3. The molecule has 7 nitrogen and oxygen atoms in total. The fourth-order valence-electron chi connectivity index (χ4n) is 4.98. The molecule has 3 aromatic carbocycles. The van der Waals surface area contributed by atoms with Crippen LogP contribution >= 0.6 is 0 Å². The summed E-state index contributed by atoms with van der Waals surface area (Å²) in [6.07, 6.45) is -2.33. The zero-order valence-corrected chi connectivity index (χ0v) is 22.9.